The molecule has 2 atom stereocenters. The molecule has 8 heteroatoms. The lowest BCUT2D eigenvalue weighted by Crippen LogP contribution is -2.42. The fourth-order valence-electron chi connectivity index (χ4n) is 3.21. The topological polar surface area (TPSA) is 86.3 Å². The Morgan fingerprint density at radius 2 is 1.81 bits per heavy atom. The van der Waals surface area contributed by atoms with Crippen LogP contribution in [0.15, 0.2) is 36.0 Å². The van der Waals surface area contributed by atoms with Crippen LogP contribution < -0.4 is 5.32 Å². The van der Waals surface area contributed by atoms with Gasteiger partial charge < -0.3 is 24.3 Å². The van der Waals surface area contributed by atoms with Gasteiger partial charge in [0.15, 0.2) is 5.57 Å². The standard InChI is InChI=1S/C18H20N2O6/c1-18(2)25-16(21)13(17(22)26-18)7-19-12-5-3-11(4-6-12)15-14-8-23-9-20(14)10-24-15/h3-7,14-15,19H,8-10H2,1-2H3. The number of cyclic esters (lactones) is 2. The molecule has 3 saturated heterocycles. The molecule has 3 heterocycles. The highest BCUT2D eigenvalue weighted by atomic mass is 16.7. The molecule has 8 nitrogen and oxygen atoms in total. The Bertz CT molecular complexity index is 735. The first-order valence-electron chi connectivity index (χ1n) is 8.40. The second-order valence-electron chi connectivity index (χ2n) is 6.88. The van der Waals surface area contributed by atoms with Gasteiger partial charge in [-0.3, -0.25) is 0 Å². The predicted molar refractivity (Wildman–Crippen MR) is 89.5 cm³/mol. The van der Waals surface area contributed by atoms with Gasteiger partial charge in [-0.05, 0) is 17.7 Å². The number of nitrogens with one attached hydrogen (secondary N) is 1. The van der Waals surface area contributed by atoms with Crippen molar-refractivity contribution in [2.75, 3.05) is 25.4 Å². The second-order valence-corrected chi connectivity index (χ2v) is 6.88. The van der Waals surface area contributed by atoms with Crippen LogP contribution in [0.5, 0.6) is 0 Å². The van der Waals surface area contributed by atoms with E-state index in [1.807, 2.05) is 24.3 Å². The number of nitrogens with zero attached hydrogens (tertiary/aromatic N) is 1. The molecule has 1 aromatic rings. The Kier molecular flexibility index (Phi) is 4.18. The predicted octanol–water partition coefficient (Wildman–Crippen LogP) is 1.51. The van der Waals surface area contributed by atoms with E-state index in [1.165, 1.54) is 20.0 Å². The molecule has 0 spiro atoms. The van der Waals surface area contributed by atoms with Gasteiger partial charge in [0, 0.05) is 25.7 Å². The maximum Gasteiger partial charge on any atom is 0.350 e. The maximum atomic E-state index is 11.9. The minimum Gasteiger partial charge on any atom is -0.419 e. The molecule has 1 N–H and O–H groups in total. The molecule has 26 heavy (non-hydrogen) atoms. The highest BCUT2D eigenvalue weighted by Crippen LogP contribution is 2.34. The number of ether oxygens (including phenoxy) is 4. The summed E-state index contributed by atoms with van der Waals surface area (Å²) >= 11 is 0. The van der Waals surface area contributed by atoms with Crippen LogP contribution in [0.2, 0.25) is 0 Å². The van der Waals surface area contributed by atoms with E-state index in [2.05, 4.69) is 10.2 Å². The molecule has 2 unspecified atom stereocenters. The van der Waals surface area contributed by atoms with E-state index in [0.717, 1.165) is 11.3 Å². The van der Waals surface area contributed by atoms with Crippen LogP contribution in [0.3, 0.4) is 0 Å². The zero-order chi connectivity index (χ0) is 18.3. The van der Waals surface area contributed by atoms with Crippen LogP contribution in [0.4, 0.5) is 5.69 Å². The average molecular weight is 360 g/mol. The smallest absolute Gasteiger partial charge is 0.350 e. The normalized spacial score (nSPS) is 27.7. The molecule has 138 valence electrons. The minimum absolute atomic E-state index is 0.0181. The molecule has 4 rings (SSSR count). The molecule has 3 aliphatic heterocycles. The number of hydrogen-bond donors (Lipinski definition) is 1. The number of benzene rings is 1. The van der Waals surface area contributed by atoms with Crippen molar-refractivity contribution >= 4 is 17.6 Å². The van der Waals surface area contributed by atoms with E-state index in [1.54, 1.807) is 0 Å². The Balaban J connectivity index is 1.43. The SMILES string of the molecule is CC1(C)OC(=O)C(=CNc2ccc(C3OCN4COCC34)cc2)C(=O)O1. The number of hydrogen-bond acceptors (Lipinski definition) is 8. The van der Waals surface area contributed by atoms with Gasteiger partial charge >= 0.3 is 11.9 Å². The molecule has 0 amide bonds. The average Bonchev–Trinajstić information content (AvgIpc) is 3.17. The molecular formula is C18H20N2O6. The van der Waals surface area contributed by atoms with Crippen LogP contribution in [-0.4, -0.2) is 48.7 Å². The van der Waals surface area contributed by atoms with Crippen molar-refractivity contribution in [2.45, 2.75) is 31.8 Å². The van der Waals surface area contributed by atoms with Gasteiger partial charge in [0.1, 0.15) is 19.6 Å². The Morgan fingerprint density at radius 3 is 2.50 bits per heavy atom. The van der Waals surface area contributed by atoms with Crippen LogP contribution >= 0.6 is 0 Å². The third-order valence-electron chi connectivity index (χ3n) is 4.52. The van der Waals surface area contributed by atoms with Crippen molar-refractivity contribution in [3.63, 3.8) is 0 Å². The van der Waals surface area contributed by atoms with Crippen molar-refractivity contribution in [1.82, 2.24) is 4.90 Å². The number of rotatable bonds is 3. The number of esters is 2. The first kappa shape index (κ1) is 17.0. The zero-order valence-electron chi connectivity index (χ0n) is 14.6. The summed E-state index contributed by atoms with van der Waals surface area (Å²) in [5.74, 6) is -2.67. The summed E-state index contributed by atoms with van der Waals surface area (Å²) < 4.78 is 21.4. The van der Waals surface area contributed by atoms with Gasteiger partial charge in [-0.25, -0.2) is 14.5 Å². The maximum absolute atomic E-state index is 11.9. The molecule has 0 aromatic heterocycles. The van der Waals surface area contributed by atoms with Crippen molar-refractivity contribution < 1.29 is 28.5 Å². The van der Waals surface area contributed by atoms with Crippen LogP contribution in [0, 0.1) is 0 Å². The second kappa shape index (κ2) is 6.39. The van der Waals surface area contributed by atoms with E-state index < -0.39 is 17.7 Å². The molecular weight excluding hydrogens is 340 g/mol. The highest BCUT2D eigenvalue weighted by Gasteiger charge is 2.40. The van der Waals surface area contributed by atoms with Gasteiger partial charge in [0.2, 0.25) is 0 Å². The summed E-state index contributed by atoms with van der Waals surface area (Å²) in [4.78, 5) is 26.0. The number of carbonyl (C=O) groups is 2. The quantitative estimate of drug-likeness (QED) is 0.493. The van der Waals surface area contributed by atoms with Crippen LogP contribution in [0.1, 0.15) is 25.5 Å². The van der Waals surface area contributed by atoms with Crippen molar-refractivity contribution in [3.8, 4) is 0 Å². The van der Waals surface area contributed by atoms with Crippen molar-refractivity contribution in [3.05, 3.63) is 41.6 Å². The van der Waals surface area contributed by atoms with Crippen molar-refractivity contribution in [1.29, 1.82) is 0 Å². The molecule has 3 fully saturated rings. The highest BCUT2D eigenvalue weighted by molar-refractivity contribution is 6.15. The monoisotopic (exact) mass is 360 g/mol. The van der Waals surface area contributed by atoms with E-state index in [0.29, 0.717) is 20.1 Å². The summed E-state index contributed by atoms with van der Waals surface area (Å²) in [5.41, 5.74) is 1.61. The van der Waals surface area contributed by atoms with E-state index in [4.69, 9.17) is 18.9 Å². The van der Waals surface area contributed by atoms with E-state index in [-0.39, 0.29) is 17.7 Å². The first-order valence-corrected chi connectivity index (χ1v) is 8.40. The fourth-order valence-corrected chi connectivity index (χ4v) is 3.21. The lowest BCUT2D eigenvalue weighted by atomic mass is 10.0. The Hall–Kier alpha value is -2.42. The van der Waals surface area contributed by atoms with Gasteiger partial charge in [0.05, 0.1) is 12.6 Å². The van der Waals surface area contributed by atoms with E-state index in [9.17, 15) is 9.59 Å². The summed E-state index contributed by atoms with van der Waals surface area (Å²) in [5, 5.41) is 2.93. The molecule has 0 aliphatic carbocycles. The lowest BCUT2D eigenvalue weighted by Gasteiger charge is -2.29. The molecule has 3 aliphatic rings. The summed E-state index contributed by atoms with van der Waals surface area (Å²) in [6.45, 7) is 4.86. The van der Waals surface area contributed by atoms with Crippen LogP contribution in [-0.2, 0) is 28.5 Å². The van der Waals surface area contributed by atoms with Gasteiger partial charge in [0.25, 0.3) is 5.79 Å². The molecule has 0 radical (unpaired) electrons. The Labute approximate surface area is 150 Å². The van der Waals surface area contributed by atoms with Gasteiger partial charge in [-0.15, -0.1) is 0 Å². The lowest BCUT2D eigenvalue weighted by molar-refractivity contribution is -0.222. The van der Waals surface area contributed by atoms with Crippen molar-refractivity contribution in [2.24, 2.45) is 0 Å². The third kappa shape index (κ3) is 3.18. The largest absolute Gasteiger partial charge is 0.419 e. The third-order valence-corrected chi connectivity index (χ3v) is 4.52. The summed E-state index contributed by atoms with van der Waals surface area (Å²) in [6.07, 6.45) is 1.28. The Morgan fingerprint density at radius 1 is 1.12 bits per heavy atom. The van der Waals surface area contributed by atoms with Gasteiger partial charge in [-0.1, -0.05) is 12.1 Å². The minimum atomic E-state index is -1.24. The van der Waals surface area contributed by atoms with Gasteiger partial charge in [-0.2, -0.15) is 0 Å². The summed E-state index contributed by atoms with van der Waals surface area (Å²) in [7, 11) is 0. The first-order chi connectivity index (χ1) is 12.4. The number of carbonyl (C=O) groups excluding carboxylic acids is 2. The zero-order valence-corrected chi connectivity index (χ0v) is 14.6. The molecule has 1 aromatic carbocycles. The number of fused-ring (bicyclic) bond motifs is 1. The fraction of sp³-hybridized carbons (Fsp3) is 0.444. The van der Waals surface area contributed by atoms with Crippen LogP contribution in [0.25, 0.3) is 0 Å². The number of anilines is 1. The molecule has 0 saturated carbocycles. The molecule has 0 bridgehead atoms. The summed E-state index contributed by atoms with van der Waals surface area (Å²) in [6, 6.07) is 7.86. The van der Waals surface area contributed by atoms with E-state index >= 15 is 0 Å².